The van der Waals surface area contributed by atoms with E-state index in [0.29, 0.717) is 10.7 Å². The van der Waals surface area contributed by atoms with E-state index in [-0.39, 0.29) is 4.99 Å². The van der Waals surface area contributed by atoms with Gasteiger partial charge in [-0.05, 0) is 24.3 Å². The van der Waals surface area contributed by atoms with Crippen LogP contribution < -0.4 is 11.1 Å². The molecule has 1 atom stereocenters. The third-order valence-corrected chi connectivity index (χ3v) is 2.38. The molecule has 0 unspecified atom stereocenters. The molecule has 16 heavy (non-hydrogen) atoms. The van der Waals surface area contributed by atoms with Crippen LogP contribution in [0.5, 0.6) is 0 Å². The van der Waals surface area contributed by atoms with Crippen LogP contribution >= 0.6 is 23.8 Å². The van der Waals surface area contributed by atoms with Gasteiger partial charge in [-0.2, -0.15) is 5.26 Å². The number of thiocarbonyl (C=S) groups is 1. The number of nitriles is 1. The fraction of sp³-hybridized carbons (Fsp3) is 0.100. The zero-order chi connectivity index (χ0) is 12.1. The molecule has 3 N–H and O–H groups in total. The van der Waals surface area contributed by atoms with Gasteiger partial charge in [-0.3, -0.25) is 4.79 Å². The number of hydrogen-bond donors (Lipinski definition) is 2. The largest absolute Gasteiger partial charge is 0.368 e. The van der Waals surface area contributed by atoms with Crippen LogP contribution in [0.4, 0.5) is 5.69 Å². The molecule has 1 amide bonds. The van der Waals surface area contributed by atoms with E-state index < -0.39 is 11.8 Å². The van der Waals surface area contributed by atoms with E-state index in [1.807, 2.05) is 0 Å². The summed E-state index contributed by atoms with van der Waals surface area (Å²) >= 11 is 10.6. The lowest BCUT2D eigenvalue weighted by molar-refractivity contribution is -0.118. The van der Waals surface area contributed by atoms with Crippen LogP contribution in [0.25, 0.3) is 0 Å². The Kier molecular flexibility index (Phi) is 4.23. The summed E-state index contributed by atoms with van der Waals surface area (Å²) in [6, 6.07) is 8.43. The first-order chi connectivity index (χ1) is 7.54. The minimum Gasteiger partial charge on any atom is -0.368 e. The number of primary amides is 1. The number of halogens is 1. The topological polar surface area (TPSA) is 78.9 Å². The monoisotopic (exact) mass is 253 g/mol. The first-order valence-corrected chi connectivity index (χ1v) is 5.08. The summed E-state index contributed by atoms with van der Waals surface area (Å²) in [6.07, 6.45) is 0. The molecule has 0 spiro atoms. The Balaban J connectivity index is 2.75. The number of hydrogen-bond acceptors (Lipinski definition) is 3. The molecule has 1 rings (SSSR count). The van der Waals surface area contributed by atoms with E-state index >= 15 is 0 Å². The Labute approximate surface area is 103 Å². The zero-order valence-corrected chi connectivity index (χ0v) is 9.68. The van der Waals surface area contributed by atoms with E-state index in [0.717, 1.165) is 0 Å². The Morgan fingerprint density at radius 3 is 2.50 bits per heavy atom. The number of rotatable bonds is 3. The number of amides is 1. The fourth-order valence-corrected chi connectivity index (χ4v) is 1.41. The lowest BCUT2D eigenvalue weighted by Gasteiger charge is -2.10. The highest BCUT2D eigenvalue weighted by atomic mass is 35.5. The van der Waals surface area contributed by atoms with Crippen molar-refractivity contribution in [3.8, 4) is 6.07 Å². The maximum Gasteiger partial charge on any atom is 0.241 e. The first-order valence-electron chi connectivity index (χ1n) is 4.30. The molecule has 1 aromatic rings. The molecule has 1 aromatic carbocycles. The SMILES string of the molecule is N#C[C@H](C(N)=O)C(=S)Nc1ccc(Cl)cc1. The Morgan fingerprint density at radius 1 is 1.50 bits per heavy atom. The van der Waals surface area contributed by atoms with Crippen molar-refractivity contribution in [2.24, 2.45) is 11.7 Å². The molecule has 0 fully saturated rings. The number of carbonyl (C=O) groups is 1. The van der Waals surface area contributed by atoms with Crippen LogP contribution in [0.15, 0.2) is 24.3 Å². The Morgan fingerprint density at radius 2 is 2.06 bits per heavy atom. The summed E-state index contributed by atoms with van der Waals surface area (Å²) in [6.45, 7) is 0. The number of nitrogens with two attached hydrogens (primary N) is 1. The van der Waals surface area contributed by atoms with Crippen molar-refractivity contribution in [3.63, 3.8) is 0 Å². The minimum atomic E-state index is -1.12. The molecule has 4 nitrogen and oxygen atoms in total. The van der Waals surface area contributed by atoms with Gasteiger partial charge in [0, 0.05) is 10.7 Å². The standard InChI is InChI=1S/C10H8ClN3OS/c11-6-1-3-7(4-2-6)14-10(16)8(5-12)9(13)15/h1-4,8H,(H2,13,15)(H,14,16)/t8-/m1/s1. The maximum atomic E-state index is 10.9. The third kappa shape index (κ3) is 3.19. The molecular formula is C10H8ClN3OS. The van der Waals surface area contributed by atoms with Crippen LogP contribution in [0.3, 0.4) is 0 Å². The van der Waals surface area contributed by atoms with Gasteiger partial charge in [0.25, 0.3) is 0 Å². The summed E-state index contributed by atoms with van der Waals surface area (Å²) in [7, 11) is 0. The molecule has 0 aliphatic carbocycles. The molecule has 82 valence electrons. The Hall–Kier alpha value is -1.64. The molecule has 6 heteroatoms. The molecule has 0 radical (unpaired) electrons. The molecule has 0 aliphatic heterocycles. The predicted octanol–water partition coefficient (Wildman–Crippen LogP) is 1.70. The van der Waals surface area contributed by atoms with Gasteiger partial charge in [-0.25, -0.2) is 0 Å². The number of nitrogens with one attached hydrogen (secondary N) is 1. The second-order valence-corrected chi connectivity index (χ2v) is 3.84. The quantitative estimate of drug-likeness (QED) is 0.804. The van der Waals surface area contributed by atoms with E-state index in [4.69, 9.17) is 34.8 Å². The number of anilines is 1. The second-order valence-electron chi connectivity index (χ2n) is 2.96. The summed E-state index contributed by atoms with van der Waals surface area (Å²) in [4.78, 5) is 10.9. The van der Waals surface area contributed by atoms with Gasteiger partial charge in [-0.1, -0.05) is 23.8 Å². The lowest BCUT2D eigenvalue weighted by atomic mass is 10.1. The number of carbonyl (C=O) groups excluding carboxylic acids is 1. The molecule has 0 bridgehead atoms. The van der Waals surface area contributed by atoms with Gasteiger partial charge in [-0.15, -0.1) is 0 Å². The third-order valence-electron chi connectivity index (χ3n) is 1.79. The van der Waals surface area contributed by atoms with Gasteiger partial charge in [0.1, 0.15) is 4.99 Å². The number of nitrogens with zero attached hydrogens (tertiary/aromatic N) is 1. The summed E-state index contributed by atoms with van der Waals surface area (Å²) in [5.41, 5.74) is 5.66. The summed E-state index contributed by atoms with van der Waals surface area (Å²) in [5, 5.41) is 12.0. The van der Waals surface area contributed by atoms with Crippen LogP contribution in [0, 0.1) is 17.2 Å². The normalized spacial score (nSPS) is 11.2. The predicted molar refractivity (Wildman–Crippen MR) is 66.0 cm³/mol. The van der Waals surface area contributed by atoms with E-state index in [1.165, 1.54) is 0 Å². The summed E-state index contributed by atoms with van der Waals surface area (Å²) in [5.74, 6) is -1.89. The average Bonchev–Trinajstić information content (AvgIpc) is 2.22. The minimum absolute atomic E-state index is 0.0809. The van der Waals surface area contributed by atoms with Crippen molar-refractivity contribution in [3.05, 3.63) is 29.3 Å². The van der Waals surface area contributed by atoms with Gasteiger partial charge in [0.15, 0.2) is 5.92 Å². The molecule has 0 aromatic heterocycles. The van der Waals surface area contributed by atoms with Crippen molar-refractivity contribution in [1.29, 1.82) is 5.26 Å². The van der Waals surface area contributed by atoms with Crippen LogP contribution in [-0.4, -0.2) is 10.9 Å². The van der Waals surface area contributed by atoms with E-state index in [1.54, 1.807) is 30.3 Å². The molecule has 0 aliphatic rings. The molecule has 0 saturated heterocycles. The highest BCUT2D eigenvalue weighted by Gasteiger charge is 2.19. The van der Waals surface area contributed by atoms with Gasteiger partial charge < -0.3 is 11.1 Å². The maximum absolute atomic E-state index is 10.9. The van der Waals surface area contributed by atoms with Crippen molar-refractivity contribution >= 4 is 40.4 Å². The van der Waals surface area contributed by atoms with Crippen molar-refractivity contribution in [1.82, 2.24) is 0 Å². The smallest absolute Gasteiger partial charge is 0.241 e. The number of benzene rings is 1. The second kappa shape index (κ2) is 5.45. The van der Waals surface area contributed by atoms with Crippen LogP contribution in [-0.2, 0) is 4.79 Å². The Bertz CT molecular complexity index is 452. The van der Waals surface area contributed by atoms with Gasteiger partial charge in [0.05, 0.1) is 6.07 Å². The molecule has 0 heterocycles. The van der Waals surface area contributed by atoms with Crippen molar-refractivity contribution in [2.45, 2.75) is 0 Å². The average molecular weight is 254 g/mol. The van der Waals surface area contributed by atoms with Crippen molar-refractivity contribution in [2.75, 3.05) is 5.32 Å². The van der Waals surface area contributed by atoms with Crippen molar-refractivity contribution < 1.29 is 4.79 Å². The highest BCUT2D eigenvalue weighted by molar-refractivity contribution is 7.80. The summed E-state index contributed by atoms with van der Waals surface area (Å²) < 4.78 is 0. The van der Waals surface area contributed by atoms with Crippen LogP contribution in [0.1, 0.15) is 0 Å². The fourth-order valence-electron chi connectivity index (χ4n) is 0.999. The van der Waals surface area contributed by atoms with Crippen LogP contribution in [0.2, 0.25) is 5.02 Å². The zero-order valence-electron chi connectivity index (χ0n) is 8.11. The van der Waals surface area contributed by atoms with E-state index in [2.05, 4.69) is 5.32 Å². The molecular weight excluding hydrogens is 246 g/mol. The highest BCUT2D eigenvalue weighted by Crippen LogP contribution is 2.14. The first kappa shape index (κ1) is 12.4. The lowest BCUT2D eigenvalue weighted by Crippen LogP contribution is -2.32. The van der Waals surface area contributed by atoms with Gasteiger partial charge >= 0.3 is 0 Å². The van der Waals surface area contributed by atoms with Gasteiger partial charge in [0.2, 0.25) is 5.91 Å². The van der Waals surface area contributed by atoms with E-state index in [9.17, 15) is 4.79 Å². The molecule has 0 saturated carbocycles.